The molecule has 0 atom stereocenters. The van der Waals surface area contributed by atoms with Crippen molar-refractivity contribution in [2.45, 2.75) is 25.3 Å². The summed E-state index contributed by atoms with van der Waals surface area (Å²) in [5, 5.41) is 15.5. The van der Waals surface area contributed by atoms with Crippen LogP contribution in [0.2, 0.25) is 0 Å². The van der Waals surface area contributed by atoms with Crippen molar-refractivity contribution in [3.05, 3.63) is 47.3 Å². The van der Waals surface area contributed by atoms with Gasteiger partial charge in [-0.1, -0.05) is 30.3 Å². The minimum atomic E-state index is -3.95. The third-order valence-corrected chi connectivity index (χ3v) is 5.23. The topological polar surface area (TPSA) is 103 Å². The van der Waals surface area contributed by atoms with Crippen molar-refractivity contribution in [2.24, 2.45) is 0 Å². The first kappa shape index (κ1) is 16.2. The van der Waals surface area contributed by atoms with Crippen LogP contribution in [0.3, 0.4) is 0 Å². The minimum absolute atomic E-state index is 0.0144. The summed E-state index contributed by atoms with van der Waals surface area (Å²) >= 11 is 0. The maximum Gasteiger partial charge on any atom is 0.318 e. The lowest BCUT2D eigenvalue weighted by Crippen LogP contribution is -2.35. The van der Waals surface area contributed by atoms with Crippen molar-refractivity contribution in [3.63, 3.8) is 0 Å². The van der Waals surface area contributed by atoms with Crippen molar-refractivity contribution in [1.29, 1.82) is 0 Å². The first-order valence-corrected chi connectivity index (χ1v) is 8.04. The number of aromatic amines is 1. The van der Waals surface area contributed by atoms with Crippen LogP contribution in [0.4, 0.5) is 0 Å². The third-order valence-electron chi connectivity index (χ3n) is 3.17. The number of aryl methyl sites for hydroxylation is 2. The molecule has 7 nitrogen and oxygen atoms in total. The van der Waals surface area contributed by atoms with Gasteiger partial charge in [0.25, 0.3) is 0 Å². The molecular weight excluding hydrogens is 306 g/mol. The summed E-state index contributed by atoms with van der Waals surface area (Å²) in [7, 11) is -3.95. The second-order valence-corrected chi connectivity index (χ2v) is 6.79. The van der Waals surface area contributed by atoms with Crippen LogP contribution in [-0.4, -0.2) is 40.5 Å². The highest BCUT2D eigenvalue weighted by molar-refractivity contribution is 7.89. The number of carboxylic acids is 1. The van der Waals surface area contributed by atoms with Gasteiger partial charge in [0.1, 0.15) is 11.4 Å². The molecule has 0 fully saturated rings. The Hall–Kier alpha value is -2.19. The van der Waals surface area contributed by atoms with E-state index in [2.05, 4.69) is 10.2 Å². The highest BCUT2D eigenvalue weighted by atomic mass is 32.2. The molecule has 0 spiro atoms. The Labute approximate surface area is 128 Å². The van der Waals surface area contributed by atoms with Crippen molar-refractivity contribution in [1.82, 2.24) is 14.5 Å². The van der Waals surface area contributed by atoms with Gasteiger partial charge in [-0.05, 0) is 19.4 Å². The molecule has 1 heterocycles. The molecule has 2 aromatic rings. The lowest BCUT2D eigenvalue weighted by molar-refractivity contribution is -0.137. The molecule has 0 aliphatic rings. The fourth-order valence-electron chi connectivity index (χ4n) is 2.21. The molecule has 1 aromatic heterocycles. The number of rotatable bonds is 6. The van der Waals surface area contributed by atoms with E-state index >= 15 is 0 Å². The SMILES string of the molecule is Cc1n[nH]c(C)c1S(=O)(=O)N(CC(=O)O)Cc1ccccc1. The molecule has 0 aliphatic heterocycles. The van der Waals surface area contributed by atoms with E-state index in [4.69, 9.17) is 5.11 Å². The smallest absolute Gasteiger partial charge is 0.318 e. The Morgan fingerprint density at radius 3 is 2.41 bits per heavy atom. The molecule has 2 rings (SSSR count). The Bertz CT molecular complexity index is 749. The minimum Gasteiger partial charge on any atom is -0.480 e. The lowest BCUT2D eigenvalue weighted by Gasteiger charge is -2.20. The van der Waals surface area contributed by atoms with E-state index in [9.17, 15) is 13.2 Å². The number of carbonyl (C=O) groups is 1. The van der Waals surface area contributed by atoms with Crippen molar-refractivity contribution < 1.29 is 18.3 Å². The van der Waals surface area contributed by atoms with Gasteiger partial charge in [0, 0.05) is 6.54 Å². The summed E-state index contributed by atoms with van der Waals surface area (Å²) in [4.78, 5) is 11.1. The van der Waals surface area contributed by atoms with Crippen LogP contribution in [0.1, 0.15) is 17.0 Å². The highest BCUT2D eigenvalue weighted by Gasteiger charge is 2.31. The fraction of sp³-hybridized carbons (Fsp3) is 0.286. The molecule has 0 bridgehead atoms. The monoisotopic (exact) mass is 323 g/mol. The second-order valence-electron chi connectivity index (χ2n) is 4.92. The molecule has 118 valence electrons. The maximum absolute atomic E-state index is 12.8. The molecular formula is C14H17N3O4S. The Balaban J connectivity index is 2.42. The largest absolute Gasteiger partial charge is 0.480 e. The van der Waals surface area contributed by atoms with Crippen LogP contribution >= 0.6 is 0 Å². The van der Waals surface area contributed by atoms with E-state index in [-0.39, 0.29) is 11.4 Å². The summed E-state index contributed by atoms with van der Waals surface area (Å²) in [5.74, 6) is -1.21. The maximum atomic E-state index is 12.8. The molecule has 0 radical (unpaired) electrons. The van der Waals surface area contributed by atoms with E-state index in [0.29, 0.717) is 17.0 Å². The predicted octanol–water partition coefficient (Wildman–Crippen LogP) is 1.30. The molecule has 0 saturated carbocycles. The van der Waals surface area contributed by atoms with E-state index < -0.39 is 22.5 Å². The number of benzene rings is 1. The quantitative estimate of drug-likeness (QED) is 0.834. The molecule has 0 aliphatic carbocycles. The van der Waals surface area contributed by atoms with Crippen molar-refractivity contribution in [3.8, 4) is 0 Å². The van der Waals surface area contributed by atoms with Crippen LogP contribution in [-0.2, 0) is 21.4 Å². The molecule has 0 saturated heterocycles. The van der Waals surface area contributed by atoms with Crippen LogP contribution in [0.5, 0.6) is 0 Å². The third kappa shape index (κ3) is 3.34. The average Bonchev–Trinajstić information content (AvgIpc) is 2.78. The molecule has 22 heavy (non-hydrogen) atoms. The van der Waals surface area contributed by atoms with Crippen LogP contribution < -0.4 is 0 Å². The summed E-state index contributed by atoms with van der Waals surface area (Å²) < 4.78 is 26.5. The first-order valence-electron chi connectivity index (χ1n) is 6.60. The number of hydrogen-bond acceptors (Lipinski definition) is 4. The van der Waals surface area contributed by atoms with Gasteiger partial charge in [-0.15, -0.1) is 0 Å². The predicted molar refractivity (Wildman–Crippen MR) is 79.7 cm³/mol. The van der Waals surface area contributed by atoms with Crippen molar-refractivity contribution >= 4 is 16.0 Å². The second kappa shape index (κ2) is 6.29. The normalized spacial score (nSPS) is 11.8. The van der Waals surface area contributed by atoms with E-state index in [1.54, 1.807) is 38.1 Å². The molecule has 2 N–H and O–H groups in total. The summed E-state index contributed by atoms with van der Waals surface area (Å²) in [6.45, 7) is 2.53. The molecule has 0 unspecified atom stereocenters. The summed E-state index contributed by atoms with van der Waals surface area (Å²) in [6, 6.07) is 8.85. The number of aromatic nitrogens is 2. The zero-order chi connectivity index (χ0) is 16.3. The van der Waals surface area contributed by atoms with Crippen LogP contribution in [0.25, 0.3) is 0 Å². The zero-order valence-electron chi connectivity index (χ0n) is 12.3. The fourth-order valence-corrected chi connectivity index (χ4v) is 3.92. The highest BCUT2D eigenvalue weighted by Crippen LogP contribution is 2.23. The number of H-pyrrole nitrogens is 1. The van der Waals surface area contributed by atoms with Gasteiger partial charge < -0.3 is 5.11 Å². The average molecular weight is 323 g/mol. The Kier molecular flexibility index (Phi) is 4.62. The lowest BCUT2D eigenvalue weighted by atomic mass is 10.2. The standard InChI is InChI=1S/C14H17N3O4S/c1-10-14(11(2)16-15-10)22(20,21)17(9-13(18)19)8-12-6-4-3-5-7-12/h3-7H,8-9H2,1-2H3,(H,15,16)(H,18,19). The van der Waals surface area contributed by atoms with E-state index in [0.717, 1.165) is 4.31 Å². The van der Waals surface area contributed by atoms with Gasteiger partial charge >= 0.3 is 5.97 Å². The molecule has 8 heteroatoms. The van der Waals surface area contributed by atoms with E-state index in [1.807, 2.05) is 6.07 Å². The summed E-state index contributed by atoms with van der Waals surface area (Å²) in [6.07, 6.45) is 0. The zero-order valence-corrected chi connectivity index (χ0v) is 13.1. The summed E-state index contributed by atoms with van der Waals surface area (Å²) in [5.41, 5.74) is 1.42. The van der Waals surface area contributed by atoms with Crippen LogP contribution in [0, 0.1) is 13.8 Å². The number of aliphatic carboxylic acids is 1. The number of sulfonamides is 1. The van der Waals surface area contributed by atoms with Gasteiger partial charge in [0.05, 0.1) is 11.4 Å². The van der Waals surface area contributed by atoms with Gasteiger partial charge in [0.15, 0.2) is 0 Å². The van der Waals surface area contributed by atoms with Crippen molar-refractivity contribution in [2.75, 3.05) is 6.54 Å². The van der Waals surface area contributed by atoms with Gasteiger partial charge in [-0.25, -0.2) is 8.42 Å². The van der Waals surface area contributed by atoms with Gasteiger partial charge in [-0.2, -0.15) is 9.40 Å². The molecule has 0 amide bonds. The number of nitrogens with one attached hydrogen (secondary N) is 1. The first-order chi connectivity index (χ1) is 10.3. The van der Waals surface area contributed by atoms with Gasteiger partial charge in [-0.3, -0.25) is 9.89 Å². The van der Waals surface area contributed by atoms with Gasteiger partial charge in [0.2, 0.25) is 10.0 Å². The Morgan fingerprint density at radius 2 is 1.91 bits per heavy atom. The Morgan fingerprint density at radius 1 is 1.27 bits per heavy atom. The number of nitrogens with zero attached hydrogens (tertiary/aromatic N) is 2. The number of carboxylic acid groups (broad SMARTS) is 1. The van der Waals surface area contributed by atoms with E-state index in [1.165, 1.54) is 0 Å². The number of hydrogen-bond donors (Lipinski definition) is 2. The molecule has 1 aromatic carbocycles. The van der Waals surface area contributed by atoms with Crippen LogP contribution in [0.15, 0.2) is 35.2 Å².